The number of benzene rings is 2. The summed E-state index contributed by atoms with van der Waals surface area (Å²) in [5.41, 5.74) is 1.20. The van der Waals surface area contributed by atoms with E-state index in [4.69, 9.17) is 9.57 Å². The number of nitrogens with zero attached hydrogens (tertiary/aromatic N) is 1. The maximum Gasteiger partial charge on any atom is 0.437 e. The number of carbonyl (C=O) groups is 1. The highest BCUT2D eigenvalue weighted by Gasteiger charge is 2.03. The molecule has 0 bridgehead atoms. The van der Waals surface area contributed by atoms with E-state index >= 15 is 0 Å². The molecule has 2 rings (SSSR count). The molecule has 0 spiro atoms. The number of amides is 1. The van der Waals surface area contributed by atoms with Crippen LogP contribution in [0, 0.1) is 5.82 Å². The molecule has 0 heterocycles. The molecule has 144 valence electrons. The number of carbonyl (C=O) groups excluding carboxylic acids is 1. The molecule has 0 saturated carbocycles. The van der Waals surface area contributed by atoms with Gasteiger partial charge in [-0.15, -0.1) is 0 Å². The van der Waals surface area contributed by atoms with Crippen LogP contribution < -0.4 is 10.1 Å². The molecule has 0 unspecified atom stereocenters. The lowest BCUT2D eigenvalue weighted by Gasteiger charge is -2.07. The van der Waals surface area contributed by atoms with Gasteiger partial charge in [0.2, 0.25) is 0 Å². The minimum absolute atomic E-state index is 0.338. The SMILES string of the molecule is CCCCCCCOc1ccc(NC(=O)O/N=C/c2ccc(F)cc2)cc1. The maximum atomic E-state index is 12.8. The van der Waals surface area contributed by atoms with Gasteiger partial charge in [-0.2, -0.15) is 0 Å². The lowest BCUT2D eigenvalue weighted by atomic mass is 10.2. The van der Waals surface area contributed by atoms with Crippen molar-refractivity contribution in [2.45, 2.75) is 39.0 Å². The largest absolute Gasteiger partial charge is 0.494 e. The van der Waals surface area contributed by atoms with Crippen LogP contribution in [0.3, 0.4) is 0 Å². The van der Waals surface area contributed by atoms with E-state index in [1.807, 2.05) is 0 Å². The quantitative estimate of drug-likeness (QED) is 0.250. The van der Waals surface area contributed by atoms with E-state index in [1.54, 1.807) is 24.3 Å². The van der Waals surface area contributed by atoms with Crippen LogP contribution in [-0.2, 0) is 4.84 Å². The molecule has 2 aromatic carbocycles. The Balaban J connectivity index is 1.68. The summed E-state index contributed by atoms with van der Waals surface area (Å²) in [4.78, 5) is 16.4. The Morgan fingerprint density at radius 1 is 1.04 bits per heavy atom. The Kier molecular flexibility index (Phi) is 8.83. The molecule has 0 fully saturated rings. The van der Waals surface area contributed by atoms with Gasteiger partial charge in [0.1, 0.15) is 11.6 Å². The smallest absolute Gasteiger partial charge is 0.437 e. The zero-order chi connectivity index (χ0) is 19.3. The summed E-state index contributed by atoms with van der Waals surface area (Å²) in [6, 6.07) is 12.7. The van der Waals surface area contributed by atoms with Crippen molar-refractivity contribution < 1.29 is 18.8 Å². The highest BCUT2D eigenvalue weighted by molar-refractivity contribution is 5.85. The zero-order valence-electron chi connectivity index (χ0n) is 15.5. The number of ether oxygens (including phenoxy) is 1. The van der Waals surface area contributed by atoms with Crippen LogP contribution in [0.5, 0.6) is 5.75 Å². The minimum atomic E-state index is -0.710. The molecule has 5 nitrogen and oxygen atoms in total. The van der Waals surface area contributed by atoms with Crippen molar-refractivity contribution in [1.29, 1.82) is 0 Å². The van der Waals surface area contributed by atoms with Gasteiger partial charge in [-0.1, -0.05) is 49.9 Å². The Morgan fingerprint density at radius 3 is 2.44 bits per heavy atom. The van der Waals surface area contributed by atoms with E-state index in [2.05, 4.69) is 17.4 Å². The van der Waals surface area contributed by atoms with Gasteiger partial charge in [-0.25, -0.2) is 9.18 Å². The highest BCUT2D eigenvalue weighted by atomic mass is 19.1. The first-order chi connectivity index (χ1) is 13.2. The molecule has 0 aliphatic rings. The van der Waals surface area contributed by atoms with Gasteiger partial charge in [0.05, 0.1) is 12.8 Å². The Morgan fingerprint density at radius 2 is 1.74 bits per heavy atom. The lowest BCUT2D eigenvalue weighted by Crippen LogP contribution is -2.10. The maximum absolute atomic E-state index is 12.8. The molecule has 0 aliphatic carbocycles. The van der Waals surface area contributed by atoms with Gasteiger partial charge < -0.3 is 4.74 Å². The van der Waals surface area contributed by atoms with E-state index in [0.717, 1.165) is 12.2 Å². The number of halogens is 1. The van der Waals surface area contributed by atoms with Gasteiger partial charge >= 0.3 is 6.09 Å². The van der Waals surface area contributed by atoms with Crippen molar-refractivity contribution in [1.82, 2.24) is 0 Å². The van der Waals surface area contributed by atoms with E-state index in [-0.39, 0.29) is 5.82 Å². The fraction of sp³-hybridized carbons (Fsp3) is 0.333. The first-order valence-corrected chi connectivity index (χ1v) is 9.17. The van der Waals surface area contributed by atoms with Crippen molar-refractivity contribution in [2.75, 3.05) is 11.9 Å². The second-order valence-electron chi connectivity index (χ2n) is 6.08. The minimum Gasteiger partial charge on any atom is -0.494 e. The van der Waals surface area contributed by atoms with Gasteiger partial charge in [0.15, 0.2) is 0 Å². The summed E-state index contributed by atoms with van der Waals surface area (Å²) in [6.07, 6.45) is 6.58. The molecule has 0 saturated heterocycles. The van der Waals surface area contributed by atoms with Crippen molar-refractivity contribution >= 4 is 18.0 Å². The number of unbranched alkanes of at least 4 members (excludes halogenated alkanes) is 4. The Labute approximate surface area is 159 Å². The van der Waals surface area contributed by atoms with Gasteiger partial charge in [-0.3, -0.25) is 10.2 Å². The van der Waals surface area contributed by atoms with Gasteiger partial charge in [0, 0.05) is 5.69 Å². The molecule has 27 heavy (non-hydrogen) atoms. The van der Waals surface area contributed by atoms with Crippen LogP contribution in [0.4, 0.5) is 14.9 Å². The van der Waals surface area contributed by atoms with Crippen LogP contribution in [0.2, 0.25) is 0 Å². The molecule has 2 aromatic rings. The molecular weight excluding hydrogens is 347 g/mol. The fourth-order valence-electron chi connectivity index (χ4n) is 2.35. The molecule has 0 radical (unpaired) electrons. The molecule has 0 aliphatic heterocycles. The van der Waals surface area contributed by atoms with Crippen LogP contribution in [0.15, 0.2) is 53.7 Å². The monoisotopic (exact) mass is 372 g/mol. The first-order valence-electron chi connectivity index (χ1n) is 9.17. The fourth-order valence-corrected chi connectivity index (χ4v) is 2.35. The van der Waals surface area contributed by atoms with Crippen molar-refractivity contribution in [2.24, 2.45) is 5.16 Å². The number of hydrogen-bond acceptors (Lipinski definition) is 4. The molecule has 0 aromatic heterocycles. The van der Waals surface area contributed by atoms with E-state index in [0.29, 0.717) is 17.9 Å². The molecule has 1 amide bonds. The molecule has 6 heteroatoms. The third kappa shape index (κ3) is 8.35. The standard InChI is InChI=1S/C21H25FN2O3/c1-2-3-4-5-6-15-26-20-13-11-19(12-14-20)24-21(25)27-23-16-17-7-9-18(22)10-8-17/h7-14,16H,2-6,15H2,1H3,(H,24,25)/b23-16+. The summed E-state index contributed by atoms with van der Waals surface area (Å²) in [5, 5.41) is 6.14. The Bertz CT molecular complexity index is 715. The molecular formula is C21H25FN2O3. The number of nitrogens with one attached hydrogen (secondary N) is 1. The summed E-state index contributed by atoms with van der Waals surface area (Å²) >= 11 is 0. The first kappa shape index (κ1) is 20.4. The molecule has 1 N–H and O–H groups in total. The third-order valence-corrected chi connectivity index (χ3v) is 3.82. The lowest BCUT2D eigenvalue weighted by molar-refractivity contribution is 0.167. The Hall–Kier alpha value is -2.89. The summed E-state index contributed by atoms with van der Waals surface area (Å²) in [6.45, 7) is 2.89. The van der Waals surface area contributed by atoms with E-state index in [1.165, 1.54) is 56.2 Å². The summed E-state index contributed by atoms with van der Waals surface area (Å²) in [5.74, 6) is 0.425. The van der Waals surface area contributed by atoms with Gasteiger partial charge in [0.25, 0.3) is 0 Å². The average Bonchev–Trinajstić information content (AvgIpc) is 2.67. The topological polar surface area (TPSA) is 59.9 Å². The second-order valence-corrected chi connectivity index (χ2v) is 6.08. The van der Waals surface area contributed by atoms with Crippen molar-refractivity contribution in [3.05, 3.63) is 59.9 Å². The van der Waals surface area contributed by atoms with Crippen molar-refractivity contribution in [3.8, 4) is 5.75 Å². The number of anilines is 1. The predicted molar refractivity (Wildman–Crippen MR) is 105 cm³/mol. The highest BCUT2D eigenvalue weighted by Crippen LogP contribution is 2.16. The number of hydrogen-bond donors (Lipinski definition) is 1. The summed E-state index contributed by atoms with van der Waals surface area (Å²) < 4.78 is 18.5. The molecule has 0 atom stereocenters. The average molecular weight is 372 g/mol. The van der Waals surface area contributed by atoms with Crippen LogP contribution >= 0.6 is 0 Å². The van der Waals surface area contributed by atoms with Gasteiger partial charge in [-0.05, 0) is 48.4 Å². The van der Waals surface area contributed by atoms with Crippen LogP contribution in [0.1, 0.15) is 44.6 Å². The predicted octanol–water partition coefficient (Wildman–Crippen LogP) is 5.76. The normalized spacial score (nSPS) is 10.7. The summed E-state index contributed by atoms with van der Waals surface area (Å²) in [7, 11) is 0. The van der Waals surface area contributed by atoms with Crippen LogP contribution in [0.25, 0.3) is 0 Å². The van der Waals surface area contributed by atoms with E-state index < -0.39 is 6.09 Å². The van der Waals surface area contributed by atoms with Crippen LogP contribution in [-0.4, -0.2) is 18.9 Å². The number of oxime groups is 1. The van der Waals surface area contributed by atoms with E-state index in [9.17, 15) is 9.18 Å². The third-order valence-electron chi connectivity index (χ3n) is 3.82. The van der Waals surface area contributed by atoms with Crippen molar-refractivity contribution in [3.63, 3.8) is 0 Å². The zero-order valence-corrected chi connectivity index (χ0v) is 15.5. The second kappa shape index (κ2) is 11.7. The number of rotatable bonds is 10.